The molecule has 1 heterocycles. The van der Waals surface area contributed by atoms with Crippen molar-refractivity contribution in [1.29, 1.82) is 0 Å². The number of carbonyl (C=O) groups excluding carboxylic acids is 2. The van der Waals surface area contributed by atoms with Crippen LogP contribution < -0.4 is 5.32 Å². The van der Waals surface area contributed by atoms with Crippen molar-refractivity contribution < 1.29 is 19.5 Å². The maximum Gasteiger partial charge on any atom is 0.306 e. The maximum absolute atomic E-state index is 10.9. The van der Waals surface area contributed by atoms with Crippen LogP contribution in [0.5, 0.6) is 0 Å². The average molecular weight is 183 g/mol. The minimum absolute atomic E-state index is 0.162. The van der Waals surface area contributed by atoms with E-state index in [4.69, 9.17) is 5.11 Å². The van der Waals surface area contributed by atoms with E-state index in [2.05, 4.69) is 5.32 Å². The molecule has 1 spiro atoms. The Kier molecular flexibility index (Phi) is 1.46. The van der Waals surface area contributed by atoms with Gasteiger partial charge in [-0.15, -0.1) is 0 Å². The molecule has 1 aliphatic carbocycles. The monoisotopic (exact) mass is 183 g/mol. The van der Waals surface area contributed by atoms with E-state index in [1.807, 2.05) is 0 Å². The molecule has 0 bridgehead atoms. The van der Waals surface area contributed by atoms with Crippen molar-refractivity contribution in [3.8, 4) is 0 Å². The van der Waals surface area contributed by atoms with Gasteiger partial charge in [0.15, 0.2) is 0 Å². The largest absolute Gasteiger partial charge is 0.481 e. The molecule has 1 amide bonds. The van der Waals surface area contributed by atoms with Gasteiger partial charge in [0.05, 0.1) is 5.92 Å². The van der Waals surface area contributed by atoms with Gasteiger partial charge in [0, 0.05) is 12.0 Å². The number of Topliss-reactive ketones (excluding diaryl/α,β-unsaturated/α-hetero) is 1. The lowest BCUT2D eigenvalue weighted by Gasteiger charge is -2.42. The van der Waals surface area contributed by atoms with Gasteiger partial charge >= 0.3 is 5.97 Å². The van der Waals surface area contributed by atoms with E-state index in [-0.39, 0.29) is 6.42 Å². The van der Waals surface area contributed by atoms with E-state index in [0.717, 1.165) is 0 Å². The third-order valence-corrected chi connectivity index (χ3v) is 2.75. The molecule has 0 unspecified atom stereocenters. The van der Waals surface area contributed by atoms with Crippen LogP contribution in [0.2, 0.25) is 0 Å². The summed E-state index contributed by atoms with van der Waals surface area (Å²) in [5.74, 6) is -2.24. The molecule has 5 heteroatoms. The summed E-state index contributed by atoms with van der Waals surface area (Å²) in [7, 11) is 0. The highest BCUT2D eigenvalue weighted by Gasteiger charge is 2.54. The predicted molar refractivity (Wildman–Crippen MR) is 40.9 cm³/mol. The third kappa shape index (κ3) is 1.11. The second-order valence-electron chi connectivity index (χ2n) is 3.78. The van der Waals surface area contributed by atoms with Gasteiger partial charge < -0.3 is 10.4 Å². The molecule has 1 aliphatic heterocycles. The number of hydrogen-bond acceptors (Lipinski definition) is 3. The molecule has 0 radical (unpaired) electrons. The summed E-state index contributed by atoms with van der Waals surface area (Å²) in [5.41, 5.74) is -0.517. The summed E-state index contributed by atoms with van der Waals surface area (Å²) in [4.78, 5) is 32.2. The molecule has 1 saturated heterocycles. The van der Waals surface area contributed by atoms with Crippen molar-refractivity contribution in [2.24, 2.45) is 5.92 Å². The first-order valence-electron chi connectivity index (χ1n) is 4.11. The lowest BCUT2D eigenvalue weighted by Crippen LogP contribution is -2.54. The third-order valence-electron chi connectivity index (χ3n) is 2.75. The molecule has 0 aromatic carbocycles. The lowest BCUT2D eigenvalue weighted by atomic mass is 9.67. The number of hydrogen-bond donors (Lipinski definition) is 2. The molecular formula is C8H9NO4. The summed E-state index contributed by atoms with van der Waals surface area (Å²) in [5, 5.41) is 11.2. The molecule has 13 heavy (non-hydrogen) atoms. The van der Waals surface area contributed by atoms with Gasteiger partial charge in [0.2, 0.25) is 5.78 Å². The van der Waals surface area contributed by atoms with Crippen LogP contribution in [0.25, 0.3) is 0 Å². The molecule has 2 aliphatic rings. The zero-order valence-corrected chi connectivity index (χ0v) is 6.87. The number of carboxylic acids is 1. The first kappa shape index (κ1) is 8.22. The maximum atomic E-state index is 10.9. The van der Waals surface area contributed by atoms with Crippen molar-refractivity contribution >= 4 is 17.7 Å². The Morgan fingerprint density at radius 2 is 2.08 bits per heavy atom. The van der Waals surface area contributed by atoms with Crippen molar-refractivity contribution in [2.75, 3.05) is 0 Å². The number of carboxylic acid groups (broad SMARTS) is 1. The number of ketones is 1. The molecule has 0 aromatic rings. The minimum Gasteiger partial charge on any atom is -0.481 e. The molecule has 70 valence electrons. The van der Waals surface area contributed by atoms with E-state index in [9.17, 15) is 14.4 Å². The Bertz CT molecular complexity index is 285. The molecule has 5 nitrogen and oxygen atoms in total. The van der Waals surface area contributed by atoms with Crippen LogP contribution in [0.15, 0.2) is 0 Å². The number of rotatable bonds is 1. The van der Waals surface area contributed by atoms with E-state index in [1.54, 1.807) is 0 Å². The summed E-state index contributed by atoms with van der Waals surface area (Å²) in [6, 6.07) is 0. The second-order valence-corrected chi connectivity index (χ2v) is 3.78. The van der Waals surface area contributed by atoms with Gasteiger partial charge in [-0.25, -0.2) is 0 Å². The van der Waals surface area contributed by atoms with Gasteiger partial charge in [0.25, 0.3) is 5.91 Å². The Hall–Kier alpha value is -1.39. The fourth-order valence-corrected chi connectivity index (χ4v) is 2.05. The van der Waals surface area contributed by atoms with E-state index < -0.39 is 29.1 Å². The van der Waals surface area contributed by atoms with Gasteiger partial charge in [-0.3, -0.25) is 14.4 Å². The number of aliphatic carboxylic acids is 1. The van der Waals surface area contributed by atoms with Gasteiger partial charge in [-0.05, 0) is 12.8 Å². The number of nitrogens with one attached hydrogen (secondary N) is 1. The molecule has 0 atom stereocenters. The Morgan fingerprint density at radius 1 is 1.46 bits per heavy atom. The van der Waals surface area contributed by atoms with E-state index >= 15 is 0 Å². The number of amides is 1. The molecule has 2 rings (SSSR count). The van der Waals surface area contributed by atoms with Gasteiger partial charge in [-0.1, -0.05) is 0 Å². The van der Waals surface area contributed by atoms with Crippen LogP contribution in [-0.4, -0.2) is 28.3 Å². The topological polar surface area (TPSA) is 83.5 Å². The van der Waals surface area contributed by atoms with Crippen molar-refractivity contribution in [3.63, 3.8) is 0 Å². The Balaban J connectivity index is 2.02. The minimum atomic E-state index is -0.848. The van der Waals surface area contributed by atoms with Crippen LogP contribution in [0.3, 0.4) is 0 Å². The molecule has 2 N–H and O–H groups in total. The van der Waals surface area contributed by atoms with E-state index in [1.165, 1.54) is 0 Å². The lowest BCUT2D eigenvalue weighted by molar-refractivity contribution is -0.148. The van der Waals surface area contributed by atoms with Crippen molar-refractivity contribution in [3.05, 3.63) is 0 Å². The fraction of sp³-hybridized carbons (Fsp3) is 0.625. The van der Waals surface area contributed by atoms with Gasteiger partial charge in [-0.2, -0.15) is 0 Å². The predicted octanol–water partition coefficient (Wildman–Crippen LogP) is -0.691. The zero-order chi connectivity index (χ0) is 9.64. The molecule has 0 aromatic heterocycles. The molecular weight excluding hydrogens is 174 g/mol. The first-order chi connectivity index (χ1) is 6.02. The van der Waals surface area contributed by atoms with Crippen LogP contribution in [0.4, 0.5) is 0 Å². The molecule has 2 fully saturated rings. The normalized spacial score (nSPS) is 37.4. The van der Waals surface area contributed by atoms with Crippen LogP contribution in [0.1, 0.15) is 19.3 Å². The Morgan fingerprint density at radius 3 is 2.46 bits per heavy atom. The highest BCUT2D eigenvalue weighted by atomic mass is 16.4. The second kappa shape index (κ2) is 2.31. The first-order valence-corrected chi connectivity index (χ1v) is 4.11. The number of carbonyl (C=O) groups is 3. The van der Waals surface area contributed by atoms with Crippen molar-refractivity contribution in [1.82, 2.24) is 5.32 Å². The zero-order valence-electron chi connectivity index (χ0n) is 6.87. The molecule has 1 saturated carbocycles. The van der Waals surface area contributed by atoms with Crippen LogP contribution in [0, 0.1) is 5.92 Å². The smallest absolute Gasteiger partial charge is 0.306 e. The highest BCUT2D eigenvalue weighted by molar-refractivity contribution is 6.38. The Labute approximate surface area is 74.1 Å². The SMILES string of the molecule is O=C1CC2(CC(C(=O)O)C2)NC1=O. The van der Waals surface area contributed by atoms with Crippen LogP contribution in [-0.2, 0) is 14.4 Å². The summed E-state index contributed by atoms with van der Waals surface area (Å²) in [6.45, 7) is 0. The van der Waals surface area contributed by atoms with Crippen molar-refractivity contribution in [2.45, 2.75) is 24.8 Å². The quantitative estimate of drug-likeness (QED) is 0.527. The fourth-order valence-electron chi connectivity index (χ4n) is 2.05. The van der Waals surface area contributed by atoms with E-state index in [0.29, 0.717) is 12.8 Å². The van der Waals surface area contributed by atoms with Gasteiger partial charge in [0.1, 0.15) is 0 Å². The highest BCUT2D eigenvalue weighted by Crippen LogP contribution is 2.42. The average Bonchev–Trinajstić information content (AvgIpc) is 2.24. The summed E-state index contributed by atoms with van der Waals surface area (Å²) < 4.78 is 0. The summed E-state index contributed by atoms with van der Waals surface area (Å²) >= 11 is 0. The standard InChI is InChI=1S/C8H9NO4/c10-5-3-8(9-6(5)11)1-4(2-8)7(12)13/h4H,1-3H2,(H,9,11)(H,12,13). The van der Waals surface area contributed by atoms with Crippen LogP contribution >= 0.6 is 0 Å². The summed E-state index contributed by atoms with van der Waals surface area (Å²) in [6.07, 6.45) is 0.940.